The van der Waals surface area contributed by atoms with Gasteiger partial charge in [-0.05, 0) is 149 Å². The molecule has 0 saturated carbocycles. The van der Waals surface area contributed by atoms with Gasteiger partial charge in [0.1, 0.15) is 0 Å². The number of carboxylic acid groups (broad SMARTS) is 1. The summed E-state index contributed by atoms with van der Waals surface area (Å²) in [6.07, 6.45) is 15.8. The lowest BCUT2D eigenvalue weighted by Gasteiger charge is -2.33. The number of aryl methyl sites for hydroxylation is 4. The molecule has 2 fully saturated rings. The van der Waals surface area contributed by atoms with Crippen molar-refractivity contribution in [3.8, 4) is 0 Å². The maximum atomic E-state index is 13.3. The van der Waals surface area contributed by atoms with Crippen LogP contribution in [0.5, 0.6) is 0 Å². The van der Waals surface area contributed by atoms with Crippen LogP contribution in [0.25, 0.3) is 0 Å². The average Bonchev–Trinajstić information content (AvgIpc) is 3.41. The Kier molecular flexibility index (Phi) is 24.7. The molecule has 2 aliphatic heterocycles. The number of hydrogen-bond donors (Lipinski definition) is 3. The average molecular weight is 955 g/mol. The van der Waals surface area contributed by atoms with Gasteiger partial charge in [-0.3, -0.25) is 19.4 Å². The van der Waals surface area contributed by atoms with Crippen molar-refractivity contribution in [2.24, 2.45) is 17.6 Å². The van der Waals surface area contributed by atoms with Gasteiger partial charge in [0.15, 0.2) is 0 Å². The van der Waals surface area contributed by atoms with E-state index in [1.54, 1.807) is 0 Å². The number of benzene rings is 6. The lowest BCUT2D eigenvalue weighted by Crippen LogP contribution is -2.46. The van der Waals surface area contributed by atoms with Crippen LogP contribution in [0.1, 0.15) is 110 Å². The Morgan fingerprint density at radius 2 is 0.718 bits per heavy atom. The van der Waals surface area contributed by atoms with Crippen LogP contribution in [0, 0.1) is 11.8 Å². The van der Waals surface area contributed by atoms with Crippen LogP contribution in [0.2, 0.25) is 0 Å². The minimum atomic E-state index is -0.652. The number of aliphatic carboxylic acids is 1. The largest absolute Gasteiger partial charge is 0.481 e. The maximum Gasteiger partial charge on any atom is 0.306 e. The Balaban J connectivity index is 0.000000194. The van der Waals surface area contributed by atoms with Gasteiger partial charge in [0.05, 0.1) is 5.92 Å². The Bertz CT molecular complexity index is 2190. The van der Waals surface area contributed by atoms with Crippen LogP contribution in [0.15, 0.2) is 182 Å². The van der Waals surface area contributed by atoms with Crippen molar-refractivity contribution >= 4 is 11.9 Å². The summed E-state index contributed by atoms with van der Waals surface area (Å²) < 4.78 is 0. The zero-order valence-electron chi connectivity index (χ0n) is 42.4. The third kappa shape index (κ3) is 22.0. The molecule has 0 unspecified atom stereocenters. The molecule has 2 heterocycles. The SMILES string of the molecule is NC1CCN(Cc2ccccc2)CC1.O=C(NC1CCN(Cc2ccccc2)CC1)C(CCCc1ccccc1)CCCc1ccccc1.O=C(O)C(CCCc1ccccc1)CCCc1ccccc1. The molecule has 376 valence electrons. The minimum absolute atomic E-state index is 0.102. The number of carboxylic acids is 1. The predicted molar refractivity (Wildman–Crippen MR) is 294 cm³/mol. The fourth-order valence-corrected chi connectivity index (χ4v) is 9.94. The highest BCUT2D eigenvalue weighted by Gasteiger charge is 2.25. The Hall–Kier alpha value is -5.86. The van der Waals surface area contributed by atoms with E-state index in [-0.39, 0.29) is 17.7 Å². The van der Waals surface area contributed by atoms with E-state index in [1.807, 2.05) is 36.4 Å². The number of carbonyl (C=O) groups excluding carboxylic acids is 1. The molecular formula is C64H82N4O3. The Morgan fingerprint density at radius 1 is 0.437 bits per heavy atom. The minimum Gasteiger partial charge on any atom is -0.481 e. The molecule has 6 aromatic rings. The molecule has 4 N–H and O–H groups in total. The molecule has 0 radical (unpaired) electrons. The molecule has 6 aromatic carbocycles. The zero-order valence-corrected chi connectivity index (χ0v) is 42.4. The van der Waals surface area contributed by atoms with E-state index in [4.69, 9.17) is 5.73 Å². The molecule has 0 spiro atoms. The van der Waals surface area contributed by atoms with Crippen molar-refractivity contribution in [3.63, 3.8) is 0 Å². The van der Waals surface area contributed by atoms with Gasteiger partial charge < -0.3 is 16.2 Å². The van der Waals surface area contributed by atoms with E-state index < -0.39 is 5.97 Å². The van der Waals surface area contributed by atoms with Gasteiger partial charge in [0.2, 0.25) is 5.91 Å². The van der Waals surface area contributed by atoms with Crippen LogP contribution < -0.4 is 11.1 Å². The molecule has 0 atom stereocenters. The molecule has 7 heteroatoms. The summed E-state index contributed by atoms with van der Waals surface area (Å²) in [5.41, 5.74) is 13.9. The maximum absolute atomic E-state index is 13.3. The lowest BCUT2D eigenvalue weighted by atomic mass is 9.92. The number of likely N-dealkylation sites (tertiary alicyclic amines) is 2. The molecule has 0 bridgehead atoms. The van der Waals surface area contributed by atoms with Crippen molar-refractivity contribution in [3.05, 3.63) is 215 Å². The number of nitrogens with one attached hydrogen (secondary N) is 1. The molecule has 0 aliphatic carbocycles. The predicted octanol–water partition coefficient (Wildman–Crippen LogP) is 12.8. The van der Waals surface area contributed by atoms with Crippen LogP contribution in [0.4, 0.5) is 0 Å². The highest BCUT2D eigenvalue weighted by atomic mass is 16.4. The first-order chi connectivity index (χ1) is 34.9. The molecule has 71 heavy (non-hydrogen) atoms. The van der Waals surface area contributed by atoms with Crippen LogP contribution in [0.3, 0.4) is 0 Å². The fourth-order valence-electron chi connectivity index (χ4n) is 9.94. The number of hydrogen-bond acceptors (Lipinski definition) is 5. The second kappa shape index (κ2) is 32.2. The first-order valence-electron chi connectivity index (χ1n) is 26.8. The second-order valence-corrected chi connectivity index (χ2v) is 19.9. The molecule has 2 aliphatic rings. The summed E-state index contributed by atoms with van der Waals surface area (Å²) in [7, 11) is 0. The van der Waals surface area contributed by atoms with Gasteiger partial charge in [-0.15, -0.1) is 0 Å². The van der Waals surface area contributed by atoms with Crippen molar-refractivity contribution in [2.75, 3.05) is 26.2 Å². The van der Waals surface area contributed by atoms with E-state index in [1.165, 1.54) is 33.4 Å². The zero-order chi connectivity index (χ0) is 49.6. The fraction of sp³-hybridized carbons (Fsp3) is 0.406. The lowest BCUT2D eigenvalue weighted by molar-refractivity contribution is -0.142. The normalized spacial score (nSPS) is 14.5. The topological polar surface area (TPSA) is 98.9 Å². The van der Waals surface area contributed by atoms with Gasteiger partial charge in [-0.1, -0.05) is 182 Å². The van der Waals surface area contributed by atoms with Crippen LogP contribution >= 0.6 is 0 Å². The van der Waals surface area contributed by atoms with Crippen LogP contribution in [-0.4, -0.2) is 65.0 Å². The molecule has 2 saturated heterocycles. The van der Waals surface area contributed by atoms with Crippen molar-refractivity contribution in [2.45, 2.75) is 128 Å². The van der Waals surface area contributed by atoms with Crippen molar-refractivity contribution in [1.82, 2.24) is 15.1 Å². The van der Waals surface area contributed by atoms with Crippen molar-refractivity contribution in [1.29, 1.82) is 0 Å². The monoisotopic (exact) mass is 955 g/mol. The van der Waals surface area contributed by atoms with E-state index in [0.717, 1.165) is 142 Å². The standard InChI is InChI=1S/C32H40N2O.C20H24O2.C12H18N2/c35-32(33-31-22-24-34(25-23-31)26-29-16-8-3-9-17-29)30(20-10-18-27-12-4-1-5-13-27)21-11-19-28-14-6-2-7-15-28;21-20(22)19(15-7-13-17-9-3-1-4-10-17)16-8-14-18-11-5-2-6-12-18;13-12-6-8-14(9-7-12)10-11-4-2-1-3-5-11/h1-9,12-17,30-31H,10-11,18-26H2,(H,33,35);1-6,9-12,19H,7-8,13-16H2,(H,21,22);1-5,12H,6-10,13H2. The van der Waals surface area contributed by atoms with Gasteiger partial charge in [0, 0.05) is 44.2 Å². The summed E-state index contributed by atoms with van der Waals surface area (Å²) in [5.74, 6) is -0.494. The highest BCUT2D eigenvalue weighted by molar-refractivity contribution is 5.79. The first-order valence-corrected chi connectivity index (χ1v) is 26.8. The van der Waals surface area contributed by atoms with E-state index in [2.05, 4.69) is 161 Å². The van der Waals surface area contributed by atoms with Gasteiger partial charge in [-0.2, -0.15) is 0 Å². The third-order valence-electron chi connectivity index (χ3n) is 14.2. The summed E-state index contributed by atoms with van der Waals surface area (Å²) in [6.45, 7) is 6.47. The van der Waals surface area contributed by atoms with E-state index in [0.29, 0.717) is 12.1 Å². The quantitative estimate of drug-likeness (QED) is 0.0592. The summed E-state index contributed by atoms with van der Waals surface area (Å²) in [4.78, 5) is 29.7. The van der Waals surface area contributed by atoms with E-state index >= 15 is 0 Å². The molecular weight excluding hydrogens is 873 g/mol. The van der Waals surface area contributed by atoms with E-state index in [9.17, 15) is 14.7 Å². The number of piperidine rings is 2. The highest BCUT2D eigenvalue weighted by Crippen LogP contribution is 2.22. The molecule has 7 nitrogen and oxygen atoms in total. The second-order valence-electron chi connectivity index (χ2n) is 19.9. The number of carbonyl (C=O) groups is 2. The van der Waals surface area contributed by atoms with Gasteiger partial charge >= 0.3 is 5.97 Å². The summed E-state index contributed by atoms with van der Waals surface area (Å²) in [5, 5.41) is 12.8. The number of nitrogens with two attached hydrogens (primary N) is 1. The smallest absolute Gasteiger partial charge is 0.306 e. The number of rotatable bonds is 23. The third-order valence-corrected chi connectivity index (χ3v) is 14.2. The van der Waals surface area contributed by atoms with Crippen LogP contribution in [-0.2, 0) is 48.4 Å². The summed E-state index contributed by atoms with van der Waals surface area (Å²) >= 11 is 0. The molecule has 1 amide bonds. The Labute approximate surface area is 426 Å². The van der Waals surface area contributed by atoms with Gasteiger partial charge in [0.25, 0.3) is 0 Å². The van der Waals surface area contributed by atoms with Crippen molar-refractivity contribution < 1.29 is 14.7 Å². The first kappa shape index (κ1) is 54.5. The number of amides is 1. The molecule has 8 rings (SSSR count). The molecule has 0 aromatic heterocycles. The van der Waals surface area contributed by atoms with Gasteiger partial charge in [-0.25, -0.2) is 0 Å². The number of nitrogens with zero attached hydrogens (tertiary/aromatic N) is 2. The summed E-state index contributed by atoms with van der Waals surface area (Å²) in [6, 6.07) is 63.9. The Morgan fingerprint density at radius 3 is 1.03 bits per heavy atom.